The van der Waals surface area contributed by atoms with Gasteiger partial charge in [0.15, 0.2) is 0 Å². The quantitative estimate of drug-likeness (QED) is 0.796. The molecule has 1 aromatic carbocycles. The number of anilines is 1. The van der Waals surface area contributed by atoms with Crippen LogP contribution in [0.3, 0.4) is 0 Å². The van der Waals surface area contributed by atoms with Crippen LogP contribution >= 0.6 is 15.9 Å². The molecule has 7 heteroatoms. The largest absolute Gasteiger partial charge is 0.390 e. The zero-order valence-corrected chi connectivity index (χ0v) is 12.5. The van der Waals surface area contributed by atoms with Gasteiger partial charge in [-0.3, -0.25) is 4.72 Å². The van der Waals surface area contributed by atoms with Crippen LogP contribution in [0.25, 0.3) is 0 Å². The highest BCUT2D eigenvalue weighted by molar-refractivity contribution is 9.10. The summed E-state index contributed by atoms with van der Waals surface area (Å²) in [6, 6.07) is 6.69. The zero-order chi connectivity index (χ0) is 14.0. The summed E-state index contributed by atoms with van der Waals surface area (Å²) in [5, 5.41) is 8.93. The lowest BCUT2D eigenvalue weighted by molar-refractivity contribution is 0.277. The van der Waals surface area contributed by atoms with Gasteiger partial charge in [0.05, 0.1) is 12.3 Å². The van der Waals surface area contributed by atoms with Crippen molar-refractivity contribution in [2.75, 3.05) is 4.72 Å². The van der Waals surface area contributed by atoms with Crippen molar-refractivity contribution >= 4 is 31.6 Å². The number of halogens is 1. The average Bonchev–Trinajstić information content (AvgIpc) is 2.84. The molecule has 0 saturated carbocycles. The molecular formula is C12H13BrN2O3S. The topological polar surface area (TPSA) is 82.2 Å². The van der Waals surface area contributed by atoms with Gasteiger partial charge < -0.3 is 10.1 Å². The first-order valence-electron chi connectivity index (χ1n) is 5.50. The van der Waals surface area contributed by atoms with Crippen LogP contribution in [0, 0.1) is 6.92 Å². The van der Waals surface area contributed by atoms with Crippen LogP contribution < -0.4 is 4.72 Å². The predicted molar refractivity (Wildman–Crippen MR) is 76.4 cm³/mol. The maximum atomic E-state index is 12.2. The number of aliphatic hydroxyl groups excluding tert-OH is 1. The molecule has 0 aliphatic carbocycles. The van der Waals surface area contributed by atoms with E-state index in [0.29, 0.717) is 11.4 Å². The molecule has 0 unspecified atom stereocenters. The van der Waals surface area contributed by atoms with E-state index in [0.717, 1.165) is 10.0 Å². The summed E-state index contributed by atoms with van der Waals surface area (Å²) < 4.78 is 27.7. The molecule has 0 aliphatic heterocycles. The van der Waals surface area contributed by atoms with Crippen molar-refractivity contribution in [3.05, 3.63) is 46.2 Å². The molecule has 1 aromatic heterocycles. The number of rotatable bonds is 4. The van der Waals surface area contributed by atoms with Crippen molar-refractivity contribution < 1.29 is 13.5 Å². The van der Waals surface area contributed by atoms with Crippen LogP contribution in [0.15, 0.2) is 39.8 Å². The Balaban J connectivity index is 2.33. The number of aromatic nitrogens is 1. The molecule has 2 aromatic rings. The molecule has 0 fully saturated rings. The molecule has 0 spiro atoms. The third-order valence-electron chi connectivity index (χ3n) is 2.71. The lowest BCUT2D eigenvalue weighted by atomic mass is 10.2. The van der Waals surface area contributed by atoms with Gasteiger partial charge in [-0.05, 0) is 30.7 Å². The molecule has 0 radical (unpaired) electrons. The summed E-state index contributed by atoms with van der Waals surface area (Å²) in [6.45, 7) is 1.59. The first kappa shape index (κ1) is 14.1. The van der Waals surface area contributed by atoms with Crippen LogP contribution in [-0.4, -0.2) is 18.5 Å². The van der Waals surface area contributed by atoms with Gasteiger partial charge in [0.25, 0.3) is 10.0 Å². The van der Waals surface area contributed by atoms with Crippen LogP contribution in [0.5, 0.6) is 0 Å². The number of benzene rings is 1. The summed E-state index contributed by atoms with van der Waals surface area (Å²) in [5.41, 5.74) is 1.77. The van der Waals surface area contributed by atoms with Gasteiger partial charge in [0.1, 0.15) is 4.90 Å². The van der Waals surface area contributed by atoms with Crippen molar-refractivity contribution in [3.63, 3.8) is 0 Å². The van der Waals surface area contributed by atoms with Crippen LogP contribution in [0.2, 0.25) is 0 Å². The molecular weight excluding hydrogens is 332 g/mol. The number of hydrogen-bond donors (Lipinski definition) is 3. The maximum Gasteiger partial charge on any atom is 0.263 e. The zero-order valence-electron chi connectivity index (χ0n) is 10.1. The van der Waals surface area contributed by atoms with Crippen molar-refractivity contribution in [2.45, 2.75) is 18.4 Å². The fourth-order valence-corrected chi connectivity index (χ4v) is 3.09. The minimum absolute atomic E-state index is 0.0934. The van der Waals surface area contributed by atoms with Gasteiger partial charge in [-0.1, -0.05) is 22.0 Å². The molecule has 0 bridgehead atoms. The van der Waals surface area contributed by atoms with E-state index in [-0.39, 0.29) is 11.5 Å². The van der Waals surface area contributed by atoms with Crippen LogP contribution in [0.1, 0.15) is 11.3 Å². The first-order chi connectivity index (χ1) is 8.94. The number of aromatic amines is 1. The molecule has 0 atom stereocenters. The average molecular weight is 345 g/mol. The molecule has 5 nitrogen and oxygen atoms in total. The Morgan fingerprint density at radius 1 is 1.42 bits per heavy atom. The van der Waals surface area contributed by atoms with Gasteiger partial charge in [-0.15, -0.1) is 0 Å². The van der Waals surface area contributed by atoms with Crippen molar-refractivity contribution in [1.82, 2.24) is 4.98 Å². The summed E-state index contributed by atoms with van der Waals surface area (Å²) in [7, 11) is -3.66. The fourth-order valence-electron chi connectivity index (χ4n) is 1.59. The highest BCUT2D eigenvalue weighted by atomic mass is 79.9. The summed E-state index contributed by atoms with van der Waals surface area (Å²) in [6.07, 6.45) is 1.35. The van der Waals surface area contributed by atoms with Crippen LogP contribution in [-0.2, 0) is 16.6 Å². The second-order valence-corrected chi connectivity index (χ2v) is 6.57. The summed E-state index contributed by atoms with van der Waals surface area (Å²) in [4.78, 5) is 2.79. The minimum Gasteiger partial charge on any atom is -0.390 e. The summed E-state index contributed by atoms with van der Waals surface area (Å²) in [5.74, 6) is 0. The fraction of sp³-hybridized carbons (Fsp3) is 0.167. The predicted octanol–water partition coefficient (Wildman–Crippen LogP) is 2.38. The van der Waals surface area contributed by atoms with E-state index < -0.39 is 10.0 Å². The maximum absolute atomic E-state index is 12.2. The highest BCUT2D eigenvalue weighted by Crippen LogP contribution is 2.25. The number of aliphatic hydroxyl groups is 1. The standard InChI is InChI=1S/C12H13BrN2O3S/c1-8-11(13)3-2-4-12(8)15-19(17,18)10-5-9(7-16)14-6-10/h2-6,14-16H,7H2,1H3. The van der Waals surface area contributed by atoms with E-state index in [2.05, 4.69) is 25.6 Å². The number of nitrogens with one attached hydrogen (secondary N) is 2. The lowest BCUT2D eigenvalue weighted by Gasteiger charge is -2.10. The Kier molecular flexibility index (Phi) is 3.98. The molecule has 19 heavy (non-hydrogen) atoms. The Hall–Kier alpha value is -1.31. The normalized spacial score (nSPS) is 11.5. The van der Waals surface area contributed by atoms with Crippen molar-refractivity contribution in [2.24, 2.45) is 0 Å². The van der Waals surface area contributed by atoms with E-state index in [9.17, 15) is 8.42 Å². The van der Waals surface area contributed by atoms with Gasteiger partial charge in [-0.25, -0.2) is 8.42 Å². The number of H-pyrrole nitrogens is 1. The van der Waals surface area contributed by atoms with Gasteiger partial charge in [0.2, 0.25) is 0 Å². The molecule has 3 N–H and O–H groups in total. The van der Waals surface area contributed by atoms with Crippen LogP contribution in [0.4, 0.5) is 5.69 Å². The second-order valence-electron chi connectivity index (χ2n) is 4.04. The van der Waals surface area contributed by atoms with E-state index in [1.165, 1.54) is 12.3 Å². The summed E-state index contributed by atoms with van der Waals surface area (Å²) >= 11 is 3.35. The smallest absolute Gasteiger partial charge is 0.263 e. The van der Waals surface area contributed by atoms with Gasteiger partial charge >= 0.3 is 0 Å². The third kappa shape index (κ3) is 2.99. The van der Waals surface area contributed by atoms with E-state index in [1.807, 2.05) is 13.0 Å². The molecule has 0 amide bonds. The number of hydrogen-bond acceptors (Lipinski definition) is 3. The van der Waals surface area contributed by atoms with Crippen molar-refractivity contribution in [1.29, 1.82) is 0 Å². The molecule has 0 saturated heterocycles. The second kappa shape index (κ2) is 5.36. The first-order valence-corrected chi connectivity index (χ1v) is 7.78. The molecule has 102 valence electrons. The lowest BCUT2D eigenvalue weighted by Crippen LogP contribution is -2.13. The highest BCUT2D eigenvalue weighted by Gasteiger charge is 2.17. The van der Waals surface area contributed by atoms with Gasteiger partial charge in [-0.2, -0.15) is 0 Å². The molecule has 0 aliphatic rings. The molecule has 2 rings (SSSR count). The van der Waals surface area contributed by atoms with E-state index in [4.69, 9.17) is 5.11 Å². The number of sulfonamides is 1. The van der Waals surface area contributed by atoms with Crippen molar-refractivity contribution in [3.8, 4) is 0 Å². The minimum atomic E-state index is -3.66. The Bertz CT molecular complexity index is 695. The monoisotopic (exact) mass is 344 g/mol. The van der Waals surface area contributed by atoms with Gasteiger partial charge in [0, 0.05) is 16.4 Å². The van der Waals surface area contributed by atoms with E-state index in [1.54, 1.807) is 12.1 Å². The Labute approximate surface area is 119 Å². The molecule has 1 heterocycles. The third-order valence-corrected chi connectivity index (χ3v) is 4.91. The Morgan fingerprint density at radius 3 is 2.79 bits per heavy atom. The van der Waals surface area contributed by atoms with E-state index >= 15 is 0 Å². The SMILES string of the molecule is Cc1c(Br)cccc1NS(=O)(=O)c1c[nH]c(CO)c1. The Morgan fingerprint density at radius 2 is 2.16 bits per heavy atom.